The van der Waals surface area contributed by atoms with Gasteiger partial charge in [-0.3, -0.25) is 5.32 Å². The molecule has 1 rings (SSSR count). The molecule has 1 aromatic carbocycles. The Labute approximate surface area is 94.3 Å². The van der Waals surface area contributed by atoms with Crippen LogP contribution in [0.4, 0.5) is 10.5 Å². The molecule has 1 aromatic rings. The minimum atomic E-state index is -0.519. The lowest BCUT2D eigenvalue weighted by Gasteiger charge is -2.12. The maximum atomic E-state index is 11.3. The number of amides is 1. The summed E-state index contributed by atoms with van der Waals surface area (Å²) in [5.41, 5.74) is 0.514. The first kappa shape index (κ1) is 12.2. The van der Waals surface area contributed by atoms with Gasteiger partial charge in [-0.05, 0) is 19.1 Å². The maximum absolute atomic E-state index is 11.3. The first-order valence-corrected chi connectivity index (χ1v) is 4.87. The van der Waals surface area contributed by atoms with Crippen LogP contribution >= 0.6 is 0 Å². The number of carbonyl (C=O) groups excluding carboxylic acids is 1. The monoisotopic (exact) mass is 225 g/mol. The highest BCUT2D eigenvalue weighted by molar-refractivity contribution is 5.87. The number of para-hydroxylation sites is 1. The van der Waals surface area contributed by atoms with Gasteiger partial charge in [-0.15, -0.1) is 0 Å². The summed E-state index contributed by atoms with van der Waals surface area (Å²) < 4.78 is 15.0. The van der Waals surface area contributed by atoms with Crippen LogP contribution in [0.1, 0.15) is 6.92 Å². The van der Waals surface area contributed by atoms with Crippen molar-refractivity contribution in [2.45, 2.75) is 6.92 Å². The predicted octanol–water partition coefficient (Wildman–Crippen LogP) is 2.27. The summed E-state index contributed by atoms with van der Waals surface area (Å²) in [6, 6.07) is 5.20. The lowest BCUT2D eigenvalue weighted by molar-refractivity contribution is 0.168. The van der Waals surface area contributed by atoms with Crippen molar-refractivity contribution >= 4 is 11.8 Å². The van der Waals surface area contributed by atoms with E-state index in [1.54, 1.807) is 25.1 Å². The van der Waals surface area contributed by atoms with Gasteiger partial charge in [0, 0.05) is 0 Å². The van der Waals surface area contributed by atoms with E-state index in [4.69, 9.17) is 14.2 Å². The molecule has 0 aliphatic rings. The zero-order chi connectivity index (χ0) is 12.0. The van der Waals surface area contributed by atoms with Crippen LogP contribution < -0.4 is 14.8 Å². The lowest BCUT2D eigenvalue weighted by atomic mass is 10.2. The number of carbonyl (C=O) groups is 1. The molecule has 88 valence electrons. The fraction of sp³-hybridized carbons (Fsp3) is 0.364. The van der Waals surface area contributed by atoms with Crippen LogP contribution in [0.5, 0.6) is 11.5 Å². The average molecular weight is 225 g/mol. The summed E-state index contributed by atoms with van der Waals surface area (Å²) in [6.45, 7) is 2.06. The summed E-state index contributed by atoms with van der Waals surface area (Å²) in [7, 11) is 3.04. The van der Waals surface area contributed by atoms with Crippen LogP contribution in [0, 0.1) is 0 Å². The second-order valence-corrected chi connectivity index (χ2v) is 2.89. The summed E-state index contributed by atoms with van der Waals surface area (Å²) in [5, 5.41) is 2.57. The highest BCUT2D eigenvalue weighted by Crippen LogP contribution is 2.34. The molecule has 0 aliphatic heterocycles. The number of hydrogen-bond acceptors (Lipinski definition) is 4. The normalized spacial score (nSPS) is 9.44. The topological polar surface area (TPSA) is 56.8 Å². The van der Waals surface area contributed by atoms with E-state index in [1.807, 2.05) is 0 Å². The van der Waals surface area contributed by atoms with Gasteiger partial charge in [0.15, 0.2) is 11.5 Å². The Morgan fingerprint density at radius 3 is 2.62 bits per heavy atom. The molecule has 16 heavy (non-hydrogen) atoms. The van der Waals surface area contributed by atoms with Gasteiger partial charge in [0.25, 0.3) is 0 Å². The molecule has 0 aliphatic carbocycles. The third-order valence-corrected chi connectivity index (χ3v) is 1.92. The Bertz CT molecular complexity index is 365. The van der Waals surface area contributed by atoms with Gasteiger partial charge in [-0.25, -0.2) is 4.79 Å². The van der Waals surface area contributed by atoms with Crippen LogP contribution in [0.15, 0.2) is 18.2 Å². The van der Waals surface area contributed by atoms with E-state index >= 15 is 0 Å². The Balaban J connectivity index is 2.90. The van der Waals surface area contributed by atoms with E-state index in [2.05, 4.69) is 5.32 Å². The number of nitrogens with one attached hydrogen (secondary N) is 1. The van der Waals surface area contributed by atoms with E-state index in [-0.39, 0.29) is 0 Å². The Kier molecular flexibility index (Phi) is 4.44. The summed E-state index contributed by atoms with van der Waals surface area (Å²) >= 11 is 0. The van der Waals surface area contributed by atoms with Crippen LogP contribution in [0.25, 0.3) is 0 Å². The molecule has 0 radical (unpaired) electrons. The van der Waals surface area contributed by atoms with Gasteiger partial charge in [0.05, 0.1) is 26.5 Å². The molecule has 0 fully saturated rings. The molecule has 0 atom stereocenters. The highest BCUT2D eigenvalue weighted by Gasteiger charge is 2.11. The molecular weight excluding hydrogens is 210 g/mol. The Morgan fingerprint density at radius 2 is 2.06 bits per heavy atom. The number of benzene rings is 1. The minimum absolute atomic E-state index is 0.318. The summed E-state index contributed by atoms with van der Waals surface area (Å²) in [5.74, 6) is 1.02. The van der Waals surface area contributed by atoms with Crippen molar-refractivity contribution in [2.24, 2.45) is 0 Å². The second-order valence-electron chi connectivity index (χ2n) is 2.89. The van der Waals surface area contributed by atoms with Gasteiger partial charge >= 0.3 is 6.09 Å². The van der Waals surface area contributed by atoms with Crippen molar-refractivity contribution < 1.29 is 19.0 Å². The molecule has 1 N–H and O–H groups in total. The van der Waals surface area contributed by atoms with E-state index in [0.717, 1.165) is 0 Å². The predicted molar refractivity (Wildman–Crippen MR) is 60.2 cm³/mol. The molecule has 0 spiro atoms. The van der Waals surface area contributed by atoms with Crippen molar-refractivity contribution in [2.75, 3.05) is 26.1 Å². The Hall–Kier alpha value is -1.91. The molecule has 5 nitrogen and oxygen atoms in total. The van der Waals surface area contributed by atoms with Crippen molar-refractivity contribution in [3.05, 3.63) is 18.2 Å². The molecule has 5 heteroatoms. The molecule has 0 saturated carbocycles. The number of ether oxygens (including phenoxy) is 3. The maximum Gasteiger partial charge on any atom is 0.411 e. The van der Waals surface area contributed by atoms with Crippen LogP contribution in [-0.4, -0.2) is 26.9 Å². The van der Waals surface area contributed by atoms with E-state index in [0.29, 0.717) is 23.8 Å². The SMILES string of the molecule is CCOC(=O)Nc1cccc(OC)c1OC. The molecule has 0 bridgehead atoms. The third kappa shape index (κ3) is 2.79. The Morgan fingerprint density at radius 1 is 1.31 bits per heavy atom. The highest BCUT2D eigenvalue weighted by atomic mass is 16.5. The number of hydrogen-bond donors (Lipinski definition) is 1. The van der Waals surface area contributed by atoms with Crippen LogP contribution in [-0.2, 0) is 4.74 Å². The number of rotatable bonds is 4. The lowest BCUT2D eigenvalue weighted by Crippen LogP contribution is -2.14. The molecular formula is C11H15NO4. The standard InChI is InChI=1S/C11H15NO4/c1-4-16-11(13)12-8-6-5-7-9(14-2)10(8)15-3/h5-7H,4H2,1-3H3,(H,12,13). The fourth-order valence-electron chi connectivity index (χ4n) is 1.26. The van der Waals surface area contributed by atoms with Gasteiger partial charge in [0.2, 0.25) is 0 Å². The smallest absolute Gasteiger partial charge is 0.411 e. The average Bonchev–Trinajstić information content (AvgIpc) is 2.29. The van der Waals surface area contributed by atoms with E-state index < -0.39 is 6.09 Å². The zero-order valence-corrected chi connectivity index (χ0v) is 9.57. The molecule has 0 heterocycles. The van der Waals surface area contributed by atoms with Crippen LogP contribution in [0.3, 0.4) is 0 Å². The third-order valence-electron chi connectivity index (χ3n) is 1.92. The van der Waals surface area contributed by atoms with Crippen molar-refractivity contribution in [3.63, 3.8) is 0 Å². The molecule has 0 aromatic heterocycles. The zero-order valence-electron chi connectivity index (χ0n) is 9.57. The molecule has 1 amide bonds. The molecule has 0 saturated heterocycles. The van der Waals surface area contributed by atoms with Gasteiger partial charge in [0.1, 0.15) is 0 Å². The number of anilines is 1. The quantitative estimate of drug-likeness (QED) is 0.854. The summed E-state index contributed by atoms with van der Waals surface area (Å²) in [6.07, 6.45) is -0.519. The van der Waals surface area contributed by atoms with E-state index in [1.165, 1.54) is 14.2 Å². The number of methoxy groups -OCH3 is 2. The van der Waals surface area contributed by atoms with Crippen molar-refractivity contribution in [1.82, 2.24) is 0 Å². The van der Waals surface area contributed by atoms with Crippen molar-refractivity contribution in [3.8, 4) is 11.5 Å². The fourth-order valence-corrected chi connectivity index (χ4v) is 1.26. The van der Waals surface area contributed by atoms with Crippen LogP contribution in [0.2, 0.25) is 0 Å². The van der Waals surface area contributed by atoms with Gasteiger partial charge < -0.3 is 14.2 Å². The van der Waals surface area contributed by atoms with Gasteiger partial charge in [-0.1, -0.05) is 6.07 Å². The first-order chi connectivity index (χ1) is 7.72. The van der Waals surface area contributed by atoms with E-state index in [9.17, 15) is 4.79 Å². The largest absolute Gasteiger partial charge is 0.493 e. The molecule has 0 unspecified atom stereocenters. The first-order valence-electron chi connectivity index (χ1n) is 4.87. The van der Waals surface area contributed by atoms with Gasteiger partial charge in [-0.2, -0.15) is 0 Å². The minimum Gasteiger partial charge on any atom is -0.493 e. The van der Waals surface area contributed by atoms with Crippen molar-refractivity contribution in [1.29, 1.82) is 0 Å². The second kappa shape index (κ2) is 5.85. The summed E-state index contributed by atoms with van der Waals surface area (Å²) in [4.78, 5) is 11.3.